The summed E-state index contributed by atoms with van der Waals surface area (Å²) in [5.41, 5.74) is 0.551. The van der Waals surface area contributed by atoms with E-state index in [0.717, 1.165) is 9.15 Å². The van der Waals surface area contributed by atoms with Crippen LogP contribution < -0.4 is 10.3 Å². The van der Waals surface area contributed by atoms with E-state index in [1.54, 1.807) is 38.1 Å². The van der Waals surface area contributed by atoms with E-state index < -0.39 is 4.92 Å². The minimum atomic E-state index is -0.519. The molecule has 0 saturated carbocycles. The Balaban J connectivity index is 2.05. The average Bonchev–Trinajstić information content (AvgIpc) is 2.63. The maximum absolute atomic E-state index is 12.7. The molecular weight excluding hydrogens is 416 g/mol. The van der Waals surface area contributed by atoms with E-state index in [1.165, 1.54) is 18.3 Å². The molecule has 0 aliphatic rings. The fourth-order valence-corrected chi connectivity index (χ4v) is 2.92. The van der Waals surface area contributed by atoms with Crippen molar-refractivity contribution in [3.8, 4) is 5.75 Å². The highest BCUT2D eigenvalue weighted by Gasteiger charge is 2.15. The summed E-state index contributed by atoms with van der Waals surface area (Å²) in [5, 5.41) is 15.8. The molecule has 0 atom stereocenters. The molecule has 0 aliphatic carbocycles. The van der Waals surface area contributed by atoms with Crippen molar-refractivity contribution in [1.82, 2.24) is 9.66 Å². The van der Waals surface area contributed by atoms with E-state index in [9.17, 15) is 14.9 Å². The van der Waals surface area contributed by atoms with Crippen LogP contribution in [0.3, 0.4) is 0 Å². The largest absolute Gasteiger partial charge is 0.487 e. The third kappa shape index (κ3) is 3.87. The molecule has 0 aliphatic heterocycles. The summed E-state index contributed by atoms with van der Waals surface area (Å²) in [6.45, 7) is 3.74. The molecule has 0 radical (unpaired) electrons. The summed E-state index contributed by atoms with van der Waals surface area (Å²) < 4.78 is 7.18. The van der Waals surface area contributed by atoms with Crippen molar-refractivity contribution in [3.63, 3.8) is 0 Å². The Morgan fingerprint density at radius 2 is 2.11 bits per heavy atom. The van der Waals surface area contributed by atoms with Gasteiger partial charge in [-0.1, -0.05) is 15.9 Å². The minimum Gasteiger partial charge on any atom is -0.487 e. The molecule has 0 N–H and O–H groups in total. The van der Waals surface area contributed by atoms with Crippen LogP contribution in [0.5, 0.6) is 5.75 Å². The Labute approximate surface area is 162 Å². The van der Waals surface area contributed by atoms with Gasteiger partial charge >= 0.3 is 5.69 Å². The first kappa shape index (κ1) is 18.7. The number of nitrogens with zero attached hydrogens (tertiary/aromatic N) is 4. The van der Waals surface area contributed by atoms with Crippen LogP contribution in [0.15, 0.2) is 50.8 Å². The predicted octanol–water partition coefficient (Wildman–Crippen LogP) is 3.66. The third-order valence-electron chi connectivity index (χ3n) is 3.77. The second kappa shape index (κ2) is 7.67. The second-order valence-electron chi connectivity index (χ2n) is 5.60. The number of nitro groups is 1. The minimum absolute atomic E-state index is 0.162. The number of ether oxygens (including phenoxy) is 1. The maximum atomic E-state index is 12.7. The third-order valence-corrected chi connectivity index (χ3v) is 4.27. The topological polar surface area (TPSA) is 99.6 Å². The molecule has 9 heteroatoms. The van der Waals surface area contributed by atoms with Crippen molar-refractivity contribution in [2.45, 2.75) is 13.8 Å². The number of hydrogen-bond donors (Lipinski definition) is 0. The quantitative estimate of drug-likeness (QED) is 0.349. The summed E-state index contributed by atoms with van der Waals surface area (Å²) >= 11 is 3.34. The monoisotopic (exact) mass is 430 g/mol. The number of hydrogen-bond acceptors (Lipinski definition) is 6. The molecule has 3 rings (SSSR count). The van der Waals surface area contributed by atoms with Crippen LogP contribution in [0.25, 0.3) is 10.9 Å². The first-order valence-electron chi connectivity index (χ1n) is 8.05. The molecule has 0 spiro atoms. The van der Waals surface area contributed by atoms with Gasteiger partial charge in [0.1, 0.15) is 5.82 Å². The van der Waals surface area contributed by atoms with Crippen molar-refractivity contribution < 1.29 is 9.66 Å². The normalized spacial score (nSPS) is 11.2. The zero-order valence-electron chi connectivity index (χ0n) is 14.5. The molecule has 0 amide bonds. The number of aryl methyl sites for hydroxylation is 1. The Hall–Kier alpha value is -3.07. The van der Waals surface area contributed by atoms with Crippen molar-refractivity contribution in [2.24, 2.45) is 5.10 Å². The van der Waals surface area contributed by atoms with Crippen LogP contribution >= 0.6 is 15.9 Å². The number of benzene rings is 2. The Kier molecular flexibility index (Phi) is 5.31. The van der Waals surface area contributed by atoms with Crippen LogP contribution in [-0.2, 0) is 0 Å². The van der Waals surface area contributed by atoms with Crippen LogP contribution in [0.1, 0.15) is 18.3 Å². The van der Waals surface area contributed by atoms with Gasteiger partial charge in [0, 0.05) is 16.1 Å². The predicted molar refractivity (Wildman–Crippen MR) is 106 cm³/mol. The molecule has 0 fully saturated rings. The molecule has 8 nitrogen and oxygen atoms in total. The summed E-state index contributed by atoms with van der Waals surface area (Å²) in [5.74, 6) is 0.594. The molecule has 27 heavy (non-hydrogen) atoms. The summed E-state index contributed by atoms with van der Waals surface area (Å²) in [6, 6.07) is 9.72. The average molecular weight is 431 g/mol. The van der Waals surface area contributed by atoms with Crippen LogP contribution in [0.2, 0.25) is 0 Å². The highest BCUT2D eigenvalue weighted by molar-refractivity contribution is 9.10. The number of fused-ring (bicyclic) bond motifs is 1. The molecular formula is C18H15BrN4O4. The van der Waals surface area contributed by atoms with Crippen LogP contribution in [-0.4, -0.2) is 27.4 Å². The zero-order valence-corrected chi connectivity index (χ0v) is 16.1. The summed E-state index contributed by atoms with van der Waals surface area (Å²) in [4.78, 5) is 27.8. The van der Waals surface area contributed by atoms with E-state index in [4.69, 9.17) is 4.74 Å². The van der Waals surface area contributed by atoms with Gasteiger partial charge in [0.2, 0.25) is 0 Å². The van der Waals surface area contributed by atoms with Crippen LogP contribution in [0.4, 0.5) is 5.69 Å². The van der Waals surface area contributed by atoms with Gasteiger partial charge in [-0.25, -0.2) is 4.98 Å². The lowest BCUT2D eigenvalue weighted by molar-refractivity contribution is -0.385. The molecule has 0 saturated heterocycles. The number of halogens is 1. The highest BCUT2D eigenvalue weighted by Crippen LogP contribution is 2.27. The van der Waals surface area contributed by atoms with E-state index in [2.05, 4.69) is 26.0 Å². The first-order chi connectivity index (χ1) is 12.9. The van der Waals surface area contributed by atoms with Crippen molar-refractivity contribution in [1.29, 1.82) is 0 Å². The van der Waals surface area contributed by atoms with Gasteiger partial charge < -0.3 is 4.74 Å². The Bertz CT molecular complexity index is 1120. The SMILES string of the molecule is CCOc1ccc(C=Nn2c(C)nc3ccc(Br)cc3c2=O)cc1[N+](=O)[O-]. The lowest BCUT2D eigenvalue weighted by Gasteiger charge is -2.06. The van der Waals surface area contributed by atoms with Crippen molar-refractivity contribution in [3.05, 3.63) is 72.7 Å². The van der Waals surface area contributed by atoms with Crippen LogP contribution in [0, 0.1) is 17.0 Å². The molecule has 3 aromatic rings. The van der Waals surface area contributed by atoms with E-state index >= 15 is 0 Å². The number of rotatable bonds is 5. The number of aromatic nitrogens is 2. The molecule has 1 heterocycles. The number of nitro benzene ring substituents is 1. The summed E-state index contributed by atoms with van der Waals surface area (Å²) in [7, 11) is 0. The van der Waals surface area contributed by atoms with Gasteiger partial charge in [-0.15, -0.1) is 0 Å². The second-order valence-corrected chi connectivity index (χ2v) is 6.51. The van der Waals surface area contributed by atoms with Crippen molar-refractivity contribution >= 4 is 38.7 Å². The Morgan fingerprint density at radius 1 is 1.33 bits per heavy atom. The fourth-order valence-electron chi connectivity index (χ4n) is 2.56. The summed E-state index contributed by atoms with van der Waals surface area (Å²) in [6.07, 6.45) is 1.38. The van der Waals surface area contributed by atoms with Gasteiger partial charge in [-0.05, 0) is 44.2 Å². The Morgan fingerprint density at radius 3 is 2.81 bits per heavy atom. The molecule has 138 valence electrons. The van der Waals surface area contributed by atoms with Crippen molar-refractivity contribution in [2.75, 3.05) is 6.61 Å². The maximum Gasteiger partial charge on any atom is 0.311 e. The smallest absolute Gasteiger partial charge is 0.311 e. The molecule has 1 aromatic heterocycles. The van der Waals surface area contributed by atoms with Gasteiger partial charge in [0.05, 0.1) is 28.6 Å². The standard InChI is InChI=1S/C18H15BrN4O4/c1-3-27-17-7-4-12(8-16(17)23(25)26)10-20-22-11(2)21-15-6-5-13(19)9-14(15)18(22)24/h4-10H,3H2,1-2H3. The fraction of sp³-hybridized carbons (Fsp3) is 0.167. The molecule has 0 bridgehead atoms. The first-order valence-corrected chi connectivity index (χ1v) is 8.84. The van der Waals surface area contributed by atoms with Gasteiger partial charge in [-0.2, -0.15) is 9.78 Å². The van der Waals surface area contributed by atoms with Gasteiger partial charge in [0.15, 0.2) is 5.75 Å². The van der Waals surface area contributed by atoms with Gasteiger partial charge in [0.25, 0.3) is 5.56 Å². The highest BCUT2D eigenvalue weighted by atomic mass is 79.9. The van der Waals surface area contributed by atoms with E-state index in [1.807, 2.05) is 0 Å². The lowest BCUT2D eigenvalue weighted by atomic mass is 10.2. The van der Waals surface area contributed by atoms with E-state index in [-0.39, 0.29) is 17.0 Å². The zero-order chi connectivity index (χ0) is 19.6. The van der Waals surface area contributed by atoms with E-state index in [0.29, 0.717) is 28.9 Å². The van der Waals surface area contributed by atoms with Gasteiger partial charge in [-0.3, -0.25) is 14.9 Å². The molecule has 2 aromatic carbocycles. The molecule has 0 unspecified atom stereocenters. The lowest BCUT2D eigenvalue weighted by Crippen LogP contribution is -2.20.